The lowest BCUT2D eigenvalue weighted by atomic mass is 10.1. The molecule has 1 fully saturated rings. The van der Waals surface area contributed by atoms with Crippen LogP contribution < -0.4 is 4.90 Å². The van der Waals surface area contributed by atoms with Crippen molar-refractivity contribution < 1.29 is 15.0 Å². The van der Waals surface area contributed by atoms with E-state index in [2.05, 4.69) is 23.0 Å². The number of allylic oxidation sites excluding steroid dienone is 3. The van der Waals surface area contributed by atoms with E-state index in [4.69, 9.17) is 4.98 Å². The van der Waals surface area contributed by atoms with Crippen LogP contribution in [0.25, 0.3) is 16.5 Å². The Hall–Kier alpha value is -3.19. The second-order valence-corrected chi connectivity index (χ2v) is 7.62. The molecule has 1 aromatic heterocycles. The Balaban J connectivity index is 1.86. The van der Waals surface area contributed by atoms with Crippen molar-refractivity contribution in [2.24, 2.45) is 0 Å². The number of para-hydroxylation sites is 1. The minimum absolute atomic E-state index is 0.127. The Morgan fingerprint density at radius 1 is 1.23 bits per heavy atom. The third-order valence-electron chi connectivity index (χ3n) is 5.43. The van der Waals surface area contributed by atoms with Gasteiger partial charge in [-0.1, -0.05) is 51.1 Å². The van der Waals surface area contributed by atoms with Crippen LogP contribution in [0.5, 0.6) is 0 Å². The van der Waals surface area contributed by atoms with Gasteiger partial charge in [-0.25, -0.2) is 9.97 Å². The summed E-state index contributed by atoms with van der Waals surface area (Å²) in [5.41, 5.74) is 1.17. The topological polar surface area (TPSA) is 89.8 Å². The molecule has 1 unspecified atom stereocenters. The first-order valence-electron chi connectivity index (χ1n) is 10.7. The lowest BCUT2D eigenvalue weighted by molar-refractivity contribution is -0.140. The molecule has 1 aromatic carbocycles. The molecule has 0 aliphatic carbocycles. The zero-order chi connectivity index (χ0) is 22.4. The van der Waals surface area contributed by atoms with Gasteiger partial charge in [0.2, 0.25) is 0 Å². The lowest BCUT2D eigenvalue weighted by Gasteiger charge is -2.36. The van der Waals surface area contributed by atoms with Gasteiger partial charge in [0, 0.05) is 31.6 Å². The van der Waals surface area contributed by atoms with Crippen molar-refractivity contribution in [3.8, 4) is 0 Å². The normalized spacial score (nSPS) is 15.7. The number of aliphatic hydroxyl groups excluding tert-OH is 2. The number of aliphatic hydroxyl groups is 2. The number of carbonyl (C=O) groups is 1. The Kier molecular flexibility index (Phi) is 7.41. The monoisotopic (exact) mass is 422 g/mol. The van der Waals surface area contributed by atoms with Crippen LogP contribution in [0.15, 0.2) is 55.3 Å². The SMILES string of the molecule is C=C/C=C(\C(=C)O)c1nc(N2CCN(C(=O)C(O)CCCC)CC2)c2ccccc2n1. The zero-order valence-corrected chi connectivity index (χ0v) is 18.0. The summed E-state index contributed by atoms with van der Waals surface area (Å²) in [7, 11) is 0. The average molecular weight is 423 g/mol. The number of rotatable bonds is 8. The molecule has 2 aromatic rings. The number of anilines is 1. The number of aromatic nitrogens is 2. The molecule has 0 radical (unpaired) electrons. The summed E-state index contributed by atoms with van der Waals surface area (Å²) >= 11 is 0. The van der Waals surface area contributed by atoms with Gasteiger partial charge in [0.15, 0.2) is 5.82 Å². The van der Waals surface area contributed by atoms with E-state index in [9.17, 15) is 15.0 Å². The minimum Gasteiger partial charge on any atom is -0.508 e. The molecular formula is C24H30N4O3. The Labute approximate surface area is 183 Å². The largest absolute Gasteiger partial charge is 0.508 e. The van der Waals surface area contributed by atoms with Crippen molar-refractivity contribution in [2.75, 3.05) is 31.1 Å². The van der Waals surface area contributed by atoms with Crippen molar-refractivity contribution in [3.63, 3.8) is 0 Å². The number of unbranched alkanes of at least 4 members (excludes halogenated alkanes) is 1. The summed E-state index contributed by atoms with van der Waals surface area (Å²) in [6.07, 6.45) is 4.54. The van der Waals surface area contributed by atoms with Crippen molar-refractivity contribution in [1.82, 2.24) is 14.9 Å². The molecule has 1 aliphatic heterocycles. The quantitative estimate of drug-likeness (QED) is 0.500. The van der Waals surface area contributed by atoms with Crippen LogP contribution in [0, 0.1) is 0 Å². The van der Waals surface area contributed by atoms with Crippen LogP contribution in [0.4, 0.5) is 5.82 Å². The van der Waals surface area contributed by atoms with Gasteiger partial charge in [-0.3, -0.25) is 4.79 Å². The molecule has 1 saturated heterocycles. The predicted octanol–water partition coefficient (Wildman–Crippen LogP) is 3.47. The fraction of sp³-hybridized carbons (Fsp3) is 0.375. The molecule has 1 aliphatic rings. The molecular weight excluding hydrogens is 392 g/mol. The standard InChI is InChI=1S/C24H30N4O3/c1-4-6-12-21(30)24(31)28-15-13-27(14-16-28)23-19-10-7-8-11-20(19)25-22(26-23)18(9-5-2)17(3)29/h5,7-11,21,29-30H,2-4,6,12-16H2,1H3/b18-9+. The molecule has 31 heavy (non-hydrogen) atoms. The molecule has 1 amide bonds. The molecule has 3 rings (SSSR count). The Morgan fingerprint density at radius 2 is 1.94 bits per heavy atom. The summed E-state index contributed by atoms with van der Waals surface area (Å²) in [4.78, 5) is 25.7. The highest BCUT2D eigenvalue weighted by atomic mass is 16.3. The average Bonchev–Trinajstić information content (AvgIpc) is 2.79. The summed E-state index contributed by atoms with van der Waals surface area (Å²) in [6.45, 7) is 11.5. The molecule has 164 valence electrons. The van der Waals surface area contributed by atoms with Gasteiger partial charge < -0.3 is 20.0 Å². The fourth-order valence-electron chi connectivity index (χ4n) is 3.71. The third kappa shape index (κ3) is 5.11. The summed E-state index contributed by atoms with van der Waals surface area (Å²) in [6, 6.07) is 7.71. The Bertz CT molecular complexity index is 993. The number of piperazine rings is 1. The number of benzene rings is 1. The van der Waals surface area contributed by atoms with Crippen LogP contribution in [0.1, 0.15) is 32.0 Å². The van der Waals surface area contributed by atoms with Crippen LogP contribution in [0.3, 0.4) is 0 Å². The van der Waals surface area contributed by atoms with Gasteiger partial charge in [0.25, 0.3) is 5.91 Å². The van der Waals surface area contributed by atoms with Crippen LogP contribution >= 0.6 is 0 Å². The van der Waals surface area contributed by atoms with E-state index in [-0.39, 0.29) is 11.7 Å². The van der Waals surface area contributed by atoms with Crippen LogP contribution in [-0.4, -0.2) is 63.3 Å². The smallest absolute Gasteiger partial charge is 0.251 e. The lowest BCUT2D eigenvalue weighted by Crippen LogP contribution is -2.51. The number of amides is 1. The van der Waals surface area contributed by atoms with Crippen molar-refractivity contribution >= 4 is 28.2 Å². The molecule has 7 heteroatoms. The highest BCUT2D eigenvalue weighted by Gasteiger charge is 2.27. The van der Waals surface area contributed by atoms with Crippen molar-refractivity contribution in [1.29, 1.82) is 0 Å². The van der Waals surface area contributed by atoms with Crippen LogP contribution in [0.2, 0.25) is 0 Å². The number of fused-ring (bicyclic) bond motifs is 1. The number of carbonyl (C=O) groups excluding carboxylic acids is 1. The van der Waals surface area contributed by atoms with E-state index in [0.29, 0.717) is 44.0 Å². The number of hydrogen-bond donors (Lipinski definition) is 2. The third-order valence-corrected chi connectivity index (χ3v) is 5.43. The van der Waals surface area contributed by atoms with Gasteiger partial charge >= 0.3 is 0 Å². The van der Waals surface area contributed by atoms with E-state index < -0.39 is 6.10 Å². The second-order valence-electron chi connectivity index (χ2n) is 7.62. The second kappa shape index (κ2) is 10.2. The maximum absolute atomic E-state index is 12.5. The van der Waals surface area contributed by atoms with Gasteiger partial charge in [-0.05, 0) is 24.6 Å². The van der Waals surface area contributed by atoms with Gasteiger partial charge in [0.05, 0.1) is 11.1 Å². The fourth-order valence-corrected chi connectivity index (χ4v) is 3.71. The predicted molar refractivity (Wildman–Crippen MR) is 124 cm³/mol. The first-order valence-corrected chi connectivity index (χ1v) is 10.7. The van der Waals surface area contributed by atoms with E-state index in [1.165, 1.54) is 0 Å². The van der Waals surface area contributed by atoms with Gasteiger partial charge in [-0.2, -0.15) is 0 Å². The van der Waals surface area contributed by atoms with Crippen LogP contribution in [-0.2, 0) is 4.79 Å². The molecule has 7 nitrogen and oxygen atoms in total. The van der Waals surface area contributed by atoms with E-state index in [1.54, 1.807) is 17.1 Å². The van der Waals surface area contributed by atoms with Gasteiger partial charge in [0.1, 0.15) is 17.7 Å². The van der Waals surface area contributed by atoms with E-state index in [1.807, 2.05) is 31.2 Å². The molecule has 2 N–H and O–H groups in total. The zero-order valence-electron chi connectivity index (χ0n) is 18.0. The molecule has 2 heterocycles. The molecule has 0 bridgehead atoms. The molecule has 0 spiro atoms. The van der Waals surface area contributed by atoms with Gasteiger partial charge in [-0.15, -0.1) is 0 Å². The summed E-state index contributed by atoms with van der Waals surface area (Å²) < 4.78 is 0. The number of nitrogens with zero attached hydrogens (tertiary/aromatic N) is 4. The number of hydrogen-bond acceptors (Lipinski definition) is 6. The maximum atomic E-state index is 12.5. The maximum Gasteiger partial charge on any atom is 0.251 e. The molecule has 1 atom stereocenters. The Morgan fingerprint density at radius 3 is 2.58 bits per heavy atom. The first kappa shape index (κ1) is 22.5. The highest BCUT2D eigenvalue weighted by molar-refractivity contribution is 5.91. The first-order chi connectivity index (χ1) is 15.0. The minimum atomic E-state index is -0.930. The highest BCUT2D eigenvalue weighted by Crippen LogP contribution is 2.28. The molecule has 0 saturated carbocycles. The summed E-state index contributed by atoms with van der Waals surface area (Å²) in [5.74, 6) is 0.789. The van der Waals surface area contributed by atoms with Crippen molar-refractivity contribution in [3.05, 3.63) is 61.2 Å². The summed E-state index contributed by atoms with van der Waals surface area (Å²) in [5, 5.41) is 21.1. The van der Waals surface area contributed by atoms with E-state index >= 15 is 0 Å². The van der Waals surface area contributed by atoms with Crippen molar-refractivity contribution in [2.45, 2.75) is 32.3 Å². The van der Waals surface area contributed by atoms with E-state index in [0.717, 1.165) is 29.6 Å².